The molecule has 2 atom stereocenters. The number of thioether (sulfide) groups is 1. The second-order valence-corrected chi connectivity index (χ2v) is 12.0. The summed E-state index contributed by atoms with van der Waals surface area (Å²) < 4.78 is 5.62. The van der Waals surface area contributed by atoms with Gasteiger partial charge >= 0.3 is 0 Å². The van der Waals surface area contributed by atoms with Crippen LogP contribution < -0.4 is 10.6 Å². The van der Waals surface area contributed by atoms with E-state index in [-0.39, 0.29) is 28.3 Å². The van der Waals surface area contributed by atoms with Crippen molar-refractivity contribution in [2.75, 3.05) is 14.2 Å². The number of carbonyl (C=O) groups is 3. The quantitative estimate of drug-likeness (QED) is 0.430. The monoisotopic (exact) mass is 516 g/mol. The highest BCUT2D eigenvalue weighted by molar-refractivity contribution is 8.14. The summed E-state index contributed by atoms with van der Waals surface area (Å²) in [6.07, 6.45) is 11.1. The van der Waals surface area contributed by atoms with Crippen LogP contribution in [0.2, 0.25) is 0 Å². The van der Waals surface area contributed by atoms with E-state index in [0.29, 0.717) is 25.2 Å². The third kappa shape index (κ3) is 7.82. The van der Waals surface area contributed by atoms with Crippen molar-refractivity contribution in [1.29, 1.82) is 0 Å². The van der Waals surface area contributed by atoms with Crippen LogP contribution in [0.3, 0.4) is 0 Å². The van der Waals surface area contributed by atoms with Crippen molar-refractivity contribution in [3.8, 4) is 0 Å². The van der Waals surface area contributed by atoms with E-state index in [9.17, 15) is 14.4 Å². The Morgan fingerprint density at radius 1 is 1.06 bits per heavy atom. The number of hydrogen-bond donors (Lipinski definition) is 2. The number of amides is 2. The molecular formula is C29H44N2O4S. The average molecular weight is 517 g/mol. The molecule has 2 saturated carbocycles. The second kappa shape index (κ2) is 14.2. The van der Waals surface area contributed by atoms with Crippen LogP contribution in [0.25, 0.3) is 0 Å². The van der Waals surface area contributed by atoms with E-state index >= 15 is 0 Å². The van der Waals surface area contributed by atoms with Gasteiger partial charge in [0.1, 0.15) is 6.04 Å². The van der Waals surface area contributed by atoms with Crippen molar-refractivity contribution >= 4 is 28.7 Å². The van der Waals surface area contributed by atoms with Gasteiger partial charge in [0.2, 0.25) is 11.8 Å². The molecule has 0 spiro atoms. The van der Waals surface area contributed by atoms with Crippen LogP contribution in [-0.4, -0.2) is 48.5 Å². The van der Waals surface area contributed by atoms with Gasteiger partial charge < -0.3 is 15.4 Å². The standard InChI is InChI=1S/C29H44N2O4S/c1-21(32)36-26(15-14-22-10-6-4-7-11-22)29(18-16-24(35-3)17-19-29)28(34)31-25(27(33)30-2)20-23-12-8-5-9-13-23/h4,6-7,10-11,23-26H,5,8-9,12-20H2,1-3H3,(H,30,33)(H,31,34)/t24?,25?,26-,29?/m0/s1. The first-order valence-corrected chi connectivity index (χ1v) is 14.5. The maximum Gasteiger partial charge on any atom is 0.242 e. The lowest BCUT2D eigenvalue weighted by atomic mass is 9.68. The summed E-state index contributed by atoms with van der Waals surface area (Å²) in [6.45, 7) is 1.59. The van der Waals surface area contributed by atoms with Crippen molar-refractivity contribution in [3.05, 3.63) is 35.9 Å². The number of benzene rings is 1. The summed E-state index contributed by atoms with van der Waals surface area (Å²) in [7, 11) is 3.36. The third-order valence-electron chi connectivity index (χ3n) is 8.23. The highest BCUT2D eigenvalue weighted by Gasteiger charge is 2.49. The Hall–Kier alpha value is -1.86. The molecule has 0 bridgehead atoms. The summed E-state index contributed by atoms with van der Waals surface area (Å²) in [5, 5.41) is 5.83. The average Bonchev–Trinajstić information content (AvgIpc) is 2.91. The number of carbonyl (C=O) groups excluding carboxylic acids is 3. The molecule has 0 aromatic heterocycles. The molecule has 1 aromatic carbocycles. The minimum atomic E-state index is -0.709. The van der Waals surface area contributed by atoms with Crippen molar-refractivity contribution < 1.29 is 19.1 Å². The molecule has 1 aromatic rings. The maximum absolute atomic E-state index is 14.2. The van der Waals surface area contributed by atoms with E-state index in [4.69, 9.17) is 4.74 Å². The van der Waals surface area contributed by atoms with Crippen LogP contribution in [0.1, 0.15) is 83.1 Å². The Balaban J connectivity index is 1.84. The Kier molecular flexibility index (Phi) is 11.3. The zero-order valence-corrected chi connectivity index (χ0v) is 23.0. The zero-order valence-electron chi connectivity index (χ0n) is 22.2. The fourth-order valence-corrected chi connectivity index (χ4v) is 7.30. The molecule has 2 amide bonds. The topological polar surface area (TPSA) is 84.5 Å². The molecule has 1 unspecified atom stereocenters. The molecule has 0 aliphatic heterocycles. The second-order valence-electron chi connectivity index (χ2n) is 10.6. The predicted molar refractivity (Wildman–Crippen MR) is 146 cm³/mol. The van der Waals surface area contributed by atoms with Gasteiger partial charge in [-0.2, -0.15) is 0 Å². The summed E-state index contributed by atoms with van der Waals surface area (Å²) in [5.41, 5.74) is 0.493. The summed E-state index contributed by atoms with van der Waals surface area (Å²) in [4.78, 5) is 39.4. The number of ether oxygens (including phenoxy) is 1. The van der Waals surface area contributed by atoms with Crippen LogP contribution in [0.15, 0.2) is 30.3 Å². The third-order valence-corrected chi connectivity index (χ3v) is 9.54. The van der Waals surface area contributed by atoms with Crippen molar-refractivity contribution in [2.24, 2.45) is 11.3 Å². The zero-order chi connectivity index (χ0) is 26.0. The van der Waals surface area contributed by atoms with Crippen LogP contribution in [0, 0.1) is 11.3 Å². The Morgan fingerprint density at radius 3 is 2.31 bits per heavy atom. The number of likely N-dealkylation sites (N-methyl/N-ethyl adjacent to an activating group) is 1. The molecule has 2 aliphatic rings. The summed E-state index contributed by atoms with van der Waals surface area (Å²) in [5.74, 6) is 0.255. The fraction of sp³-hybridized carbons (Fsp3) is 0.690. The molecular weight excluding hydrogens is 472 g/mol. The van der Waals surface area contributed by atoms with Gasteiger partial charge in [-0.3, -0.25) is 14.4 Å². The van der Waals surface area contributed by atoms with Crippen LogP contribution in [-0.2, 0) is 25.5 Å². The first-order valence-electron chi connectivity index (χ1n) is 13.6. The molecule has 6 nitrogen and oxygen atoms in total. The van der Waals surface area contributed by atoms with E-state index in [0.717, 1.165) is 38.5 Å². The van der Waals surface area contributed by atoms with E-state index < -0.39 is 11.5 Å². The Bertz CT molecular complexity index is 848. The van der Waals surface area contributed by atoms with Crippen molar-refractivity contribution in [2.45, 2.75) is 101 Å². The lowest BCUT2D eigenvalue weighted by Crippen LogP contribution is -2.56. The highest BCUT2D eigenvalue weighted by Crippen LogP contribution is 2.47. The highest BCUT2D eigenvalue weighted by atomic mass is 32.2. The number of aryl methyl sites for hydroxylation is 1. The van der Waals surface area contributed by atoms with Gasteiger partial charge in [-0.05, 0) is 56.4 Å². The minimum Gasteiger partial charge on any atom is -0.381 e. The molecule has 0 saturated heterocycles. The molecule has 0 heterocycles. The molecule has 36 heavy (non-hydrogen) atoms. The minimum absolute atomic E-state index is 0.0270. The first kappa shape index (κ1) is 28.7. The number of hydrogen-bond acceptors (Lipinski definition) is 5. The molecule has 0 radical (unpaired) electrons. The van der Waals surface area contributed by atoms with Gasteiger partial charge in [0.25, 0.3) is 0 Å². The van der Waals surface area contributed by atoms with Crippen LogP contribution >= 0.6 is 11.8 Å². The molecule has 200 valence electrons. The summed E-state index contributed by atoms with van der Waals surface area (Å²) >= 11 is 1.30. The van der Waals surface area contributed by atoms with Gasteiger partial charge in [-0.25, -0.2) is 0 Å². The molecule has 2 N–H and O–H groups in total. The van der Waals surface area contributed by atoms with Gasteiger partial charge in [0.15, 0.2) is 5.12 Å². The van der Waals surface area contributed by atoms with E-state index in [1.54, 1.807) is 21.1 Å². The van der Waals surface area contributed by atoms with Crippen molar-refractivity contribution in [1.82, 2.24) is 10.6 Å². The molecule has 2 fully saturated rings. The van der Waals surface area contributed by atoms with E-state index in [1.807, 2.05) is 18.2 Å². The van der Waals surface area contributed by atoms with Crippen LogP contribution in [0.4, 0.5) is 0 Å². The largest absolute Gasteiger partial charge is 0.381 e. The predicted octanol–water partition coefficient (Wildman–Crippen LogP) is 5.04. The summed E-state index contributed by atoms with van der Waals surface area (Å²) in [6, 6.07) is 9.69. The SMILES string of the molecule is CNC(=O)C(CC1CCCCC1)NC(=O)C1([C@H](CCc2ccccc2)SC(C)=O)CCC(OC)CC1. The normalized spacial score (nSPS) is 24.5. The van der Waals surface area contributed by atoms with E-state index in [1.165, 1.54) is 36.6 Å². The number of nitrogens with one attached hydrogen (secondary N) is 2. The van der Waals surface area contributed by atoms with Gasteiger partial charge in [-0.15, -0.1) is 0 Å². The molecule has 7 heteroatoms. The lowest BCUT2D eigenvalue weighted by molar-refractivity contribution is -0.138. The lowest BCUT2D eigenvalue weighted by Gasteiger charge is -2.44. The molecule has 2 aliphatic carbocycles. The van der Waals surface area contributed by atoms with Crippen LogP contribution in [0.5, 0.6) is 0 Å². The number of rotatable bonds is 11. The first-order chi connectivity index (χ1) is 17.4. The maximum atomic E-state index is 14.2. The van der Waals surface area contributed by atoms with Gasteiger partial charge in [0, 0.05) is 26.3 Å². The fourth-order valence-electron chi connectivity index (χ4n) is 6.09. The van der Waals surface area contributed by atoms with E-state index in [2.05, 4.69) is 22.8 Å². The molecule has 3 rings (SSSR count). The Labute approximate surface area is 221 Å². The Morgan fingerprint density at radius 2 is 1.72 bits per heavy atom. The van der Waals surface area contributed by atoms with Gasteiger partial charge in [-0.1, -0.05) is 74.2 Å². The van der Waals surface area contributed by atoms with Gasteiger partial charge in [0.05, 0.1) is 11.5 Å². The van der Waals surface area contributed by atoms with Crippen molar-refractivity contribution in [3.63, 3.8) is 0 Å². The number of methoxy groups -OCH3 is 1. The smallest absolute Gasteiger partial charge is 0.242 e.